The molecule has 10 nitrogen and oxygen atoms in total. The molecule has 6 aromatic rings. The molecule has 0 unspecified atom stereocenters. The third kappa shape index (κ3) is 4.12. The SMILES string of the molecule is CC(=O)c1ccc(-c2cncc3[nH]c(-c4nn(-c5cncc(NC(=O)C(C)C)c5)c5cnccc45)nc23)s1. The number of aromatic nitrogens is 7. The van der Waals surface area contributed by atoms with Crippen LogP contribution in [-0.2, 0) is 4.79 Å². The number of hydrogen-bond acceptors (Lipinski definition) is 8. The number of thiophene rings is 1. The summed E-state index contributed by atoms with van der Waals surface area (Å²) in [5.41, 5.74) is 4.98. The number of nitrogens with one attached hydrogen (secondary N) is 2. The van der Waals surface area contributed by atoms with E-state index in [1.807, 2.05) is 38.1 Å². The van der Waals surface area contributed by atoms with Gasteiger partial charge in [0, 0.05) is 34.1 Å². The van der Waals surface area contributed by atoms with E-state index in [0.717, 1.165) is 32.4 Å². The summed E-state index contributed by atoms with van der Waals surface area (Å²) < 4.78 is 1.74. The van der Waals surface area contributed by atoms with Gasteiger partial charge in [0.25, 0.3) is 0 Å². The molecule has 0 radical (unpaired) electrons. The molecule has 6 aromatic heterocycles. The molecule has 6 heterocycles. The van der Waals surface area contributed by atoms with Gasteiger partial charge in [0.15, 0.2) is 11.6 Å². The number of nitrogens with zero attached hydrogens (tertiary/aromatic N) is 6. The smallest absolute Gasteiger partial charge is 0.226 e. The monoisotopic (exact) mass is 522 g/mol. The third-order valence-electron chi connectivity index (χ3n) is 6.08. The third-order valence-corrected chi connectivity index (χ3v) is 7.30. The normalized spacial score (nSPS) is 11.5. The van der Waals surface area contributed by atoms with Crippen LogP contribution in [0.4, 0.5) is 5.69 Å². The van der Waals surface area contributed by atoms with Crippen LogP contribution < -0.4 is 5.32 Å². The Kier molecular flexibility index (Phi) is 5.76. The molecule has 0 atom stereocenters. The molecule has 0 fully saturated rings. The van der Waals surface area contributed by atoms with Gasteiger partial charge in [0.1, 0.15) is 11.2 Å². The van der Waals surface area contributed by atoms with Gasteiger partial charge in [0.05, 0.1) is 52.1 Å². The highest BCUT2D eigenvalue weighted by Crippen LogP contribution is 2.35. The van der Waals surface area contributed by atoms with E-state index in [-0.39, 0.29) is 17.6 Å². The first kappa shape index (κ1) is 23.6. The van der Waals surface area contributed by atoms with Crippen molar-refractivity contribution in [3.05, 3.63) is 66.3 Å². The Morgan fingerprint density at radius 3 is 2.66 bits per heavy atom. The van der Waals surface area contributed by atoms with E-state index in [9.17, 15) is 9.59 Å². The first-order valence-electron chi connectivity index (χ1n) is 11.9. The highest BCUT2D eigenvalue weighted by molar-refractivity contribution is 7.17. The van der Waals surface area contributed by atoms with Crippen molar-refractivity contribution >= 4 is 50.7 Å². The number of imidazole rings is 1. The van der Waals surface area contributed by atoms with Crippen LogP contribution in [0.5, 0.6) is 0 Å². The van der Waals surface area contributed by atoms with Crippen LogP contribution in [0.25, 0.3) is 49.6 Å². The number of fused-ring (bicyclic) bond motifs is 2. The van der Waals surface area contributed by atoms with E-state index in [4.69, 9.17) is 10.1 Å². The molecule has 6 rings (SSSR count). The number of ketones is 1. The predicted molar refractivity (Wildman–Crippen MR) is 146 cm³/mol. The summed E-state index contributed by atoms with van der Waals surface area (Å²) in [4.78, 5) is 46.9. The fourth-order valence-electron chi connectivity index (χ4n) is 4.13. The molecule has 0 aliphatic heterocycles. The quantitative estimate of drug-likeness (QED) is 0.285. The van der Waals surface area contributed by atoms with Crippen LogP contribution in [0, 0.1) is 5.92 Å². The fraction of sp³-hybridized carbons (Fsp3) is 0.148. The van der Waals surface area contributed by atoms with E-state index in [0.29, 0.717) is 27.8 Å². The molecular weight excluding hydrogens is 500 g/mol. The number of H-pyrrole nitrogens is 1. The lowest BCUT2D eigenvalue weighted by atomic mass is 10.2. The minimum Gasteiger partial charge on any atom is -0.335 e. The Labute approximate surface area is 220 Å². The number of anilines is 1. The second-order valence-corrected chi connectivity index (χ2v) is 10.2. The lowest BCUT2D eigenvalue weighted by Gasteiger charge is -2.09. The molecule has 0 bridgehead atoms. The number of Topliss-reactive ketones (excluding diaryl/α,β-unsaturated/α-hetero) is 1. The maximum Gasteiger partial charge on any atom is 0.226 e. The molecule has 11 heteroatoms. The molecule has 0 saturated carbocycles. The number of rotatable bonds is 6. The zero-order chi connectivity index (χ0) is 26.4. The van der Waals surface area contributed by atoms with Gasteiger partial charge in [0.2, 0.25) is 5.91 Å². The highest BCUT2D eigenvalue weighted by atomic mass is 32.1. The second-order valence-electron chi connectivity index (χ2n) is 9.12. The lowest BCUT2D eigenvalue weighted by Crippen LogP contribution is -2.18. The van der Waals surface area contributed by atoms with Gasteiger partial charge in [-0.3, -0.25) is 24.5 Å². The van der Waals surface area contributed by atoms with Crippen LogP contribution in [0.15, 0.2) is 61.4 Å². The molecule has 0 aliphatic rings. The Bertz CT molecular complexity index is 1850. The first-order chi connectivity index (χ1) is 18.4. The van der Waals surface area contributed by atoms with Crippen LogP contribution in [0.2, 0.25) is 0 Å². The molecule has 1 amide bonds. The number of carbonyl (C=O) groups excluding carboxylic acids is 2. The summed E-state index contributed by atoms with van der Waals surface area (Å²) in [5.74, 6) is 0.349. The fourth-order valence-corrected chi connectivity index (χ4v) is 5.04. The second kappa shape index (κ2) is 9.27. The average Bonchev–Trinajstić information content (AvgIpc) is 3.65. The molecule has 0 spiro atoms. The zero-order valence-electron chi connectivity index (χ0n) is 20.8. The Balaban J connectivity index is 1.46. The number of hydrogen-bond donors (Lipinski definition) is 2. The zero-order valence-corrected chi connectivity index (χ0v) is 21.6. The van der Waals surface area contributed by atoms with Crippen molar-refractivity contribution < 1.29 is 9.59 Å². The van der Waals surface area contributed by atoms with Crippen LogP contribution >= 0.6 is 11.3 Å². The summed E-state index contributed by atoms with van der Waals surface area (Å²) in [6, 6.07) is 7.44. The van der Waals surface area contributed by atoms with Gasteiger partial charge in [-0.15, -0.1) is 11.3 Å². The molecule has 2 N–H and O–H groups in total. The largest absolute Gasteiger partial charge is 0.335 e. The van der Waals surface area contributed by atoms with Crippen molar-refractivity contribution in [3.63, 3.8) is 0 Å². The summed E-state index contributed by atoms with van der Waals surface area (Å²) in [7, 11) is 0. The minimum absolute atomic E-state index is 0.0250. The van der Waals surface area contributed by atoms with Crippen molar-refractivity contribution in [1.82, 2.24) is 34.7 Å². The first-order valence-corrected chi connectivity index (χ1v) is 12.7. The van der Waals surface area contributed by atoms with Crippen LogP contribution in [0.1, 0.15) is 30.4 Å². The van der Waals surface area contributed by atoms with Gasteiger partial charge in [-0.1, -0.05) is 13.8 Å². The van der Waals surface area contributed by atoms with E-state index in [1.165, 1.54) is 11.3 Å². The minimum atomic E-state index is -0.157. The Morgan fingerprint density at radius 1 is 1.03 bits per heavy atom. The maximum atomic E-state index is 12.2. The predicted octanol–water partition coefficient (Wildman–Crippen LogP) is 5.28. The summed E-state index contributed by atoms with van der Waals surface area (Å²) in [6.45, 7) is 5.22. The van der Waals surface area contributed by atoms with E-state index in [2.05, 4.69) is 25.3 Å². The molecular formula is C27H22N8O2S. The molecule has 38 heavy (non-hydrogen) atoms. The molecule has 0 aliphatic carbocycles. The maximum absolute atomic E-state index is 12.2. The van der Waals surface area contributed by atoms with Gasteiger partial charge in [-0.05, 0) is 31.2 Å². The van der Waals surface area contributed by atoms with Gasteiger partial charge >= 0.3 is 0 Å². The van der Waals surface area contributed by atoms with Crippen molar-refractivity contribution in [2.45, 2.75) is 20.8 Å². The highest BCUT2D eigenvalue weighted by Gasteiger charge is 2.20. The van der Waals surface area contributed by atoms with Gasteiger partial charge < -0.3 is 10.3 Å². The van der Waals surface area contributed by atoms with Gasteiger partial charge in [-0.2, -0.15) is 5.10 Å². The van der Waals surface area contributed by atoms with Crippen molar-refractivity contribution in [1.29, 1.82) is 0 Å². The topological polar surface area (TPSA) is 131 Å². The summed E-state index contributed by atoms with van der Waals surface area (Å²) in [6.07, 6.45) is 10.2. The number of aromatic amines is 1. The molecule has 0 saturated heterocycles. The van der Waals surface area contributed by atoms with Crippen molar-refractivity contribution in [3.8, 4) is 27.6 Å². The Morgan fingerprint density at radius 2 is 1.87 bits per heavy atom. The summed E-state index contributed by atoms with van der Waals surface area (Å²) in [5, 5.41) is 8.61. The van der Waals surface area contributed by atoms with E-state index in [1.54, 1.807) is 48.8 Å². The van der Waals surface area contributed by atoms with Crippen LogP contribution in [-0.4, -0.2) is 46.4 Å². The number of pyridine rings is 3. The standard InChI is InChI=1S/C27H22N8O2S/c1-14(2)27(37)31-16-8-17(10-29-9-16)35-21-13-28-7-6-18(21)25(34-35)26-32-20-12-30-11-19(24(20)33-26)23-5-4-22(38-23)15(3)36/h4-14H,1-3H3,(H,31,37)(H,32,33). The number of amides is 1. The molecule has 0 aromatic carbocycles. The average molecular weight is 523 g/mol. The number of carbonyl (C=O) groups is 2. The van der Waals surface area contributed by atoms with Crippen molar-refractivity contribution in [2.24, 2.45) is 5.92 Å². The van der Waals surface area contributed by atoms with Crippen molar-refractivity contribution in [2.75, 3.05) is 5.32 Å². The lowest BCUT2D eigenvalue weighted by molar-refractivity contribution is -0.118. The summed E-state index contributed by atoms with van der Waals surface area (Å²) >= 11 is 1.42. The Hall–Kier alpha value is -4.77. The van der Waals surface area contributed by atoms with Gasteiger partial charge in [-0.25, -0.2) is 9.67 Å². The van der Waals surface area contributed by atoms with E-state index >= 15 is 0 Å². The van der Waals surface area contributed by atoms with E-state index < -0.39 is 0 Å². The van der Waals surface area contributed by atoms with Crippen LogP contribution in [0.3, 0.4) is 0 Å². The molecule has 188 valence electrons.